The summed E-state index contributed by atoms with van der Waals surface area (Å²) in [6.45, 7) is 0. The number of fused-ring (bicyclic) bond motifs is 1. The fourth-order valence-corrected chi connectivity index (χ4v) is 2.24. The van der Waals surface area contributed by atoms with E-state index >= 15 is 0 Å². The molecule has 0 amide bonds. The largest absolute Gasteiger partial charge is 0.350 e. The molecule has 4 heteroatoms. The average Bonchev–Trinajstić information content (AvgIpc) is 2.78. The summed E-state index contributed by atoms with van der Waals surface area (Å²) in [6.07, 6.45) is 6.99. The molecule has 0 saturated heterocycles. The molecule has 2 aromatic heterocycles. The van der Waals surface area contributed by atoms with Gasteiger partial charge in [-0.25, -0.2) is 0 Å². The highest BCUT2D eigenvalue weighted by Crippen LogP contribution is 2.21. The Hall–Kier alpha value is -2.49. The molecule has 0 aliphatic heterocycles. The second-order valence-electron chi connectivity index (χ2n) is 4.47. The van der Waals surface area contributed by atoms with E-state index in [1.807, 2.05) is 42.1 Å². The molecule has 0 spiro atoms. The molecule has 3 rings (SSSR count). The number of aromatic nitrogens is 3. The number of Topliss-reactive ketones (excluding diaryl/α,β-unsaturated/α-hetero) is 1. The Bertz CT molecular complexity index is 731. The zero-order valence-corrected chi connectivity index (χ0v) is 10.6. The van der Waals surface area contributed by atoms with Gasteiger partial charge in [0.1, 0.15) is 0 Å². The number of para-hydroxylation sites is 1. The van der Waals surface area contributed by atoms with Crippen molar-refractivity contribution in [2.75, 3.05) is 0 Å². The first-order valence-electron chi connectivity index (χ1n) is 6.08. The van der Waals surface area contributed by atoms with Crippen molar-refractivity contribution in [3.63, 3.8) is 0 Å². The van der Waals surface area contributed by atoms with Crippen LogP contribution >= 0.6 is 0 Å². The fourth-order valence-electron chi connectivity index (χ4n) is 2.24. The van der Waals surface area contributed by atoms with Gasteiger partial charge in [-0.05, 0) is 6.07 Å². The molecule has 0 radical (unpaired) electrons. The number of carbonyl (C=O) groups is 1. The maximum Gasteiger partial charge on any atom is 0.171 e. The normalized spacial score (nSPS) is 10.8. The van der Waals surface area contributed by atoms with Crippen LogP contribution in [0.5, 0.6) is 0 Å². The zero-order valence-electron chi connectivity index (χ0n) is 10.6. The van der Waals surface area contributed by atoms with Gasteiger partial charge >= 0.3 is 0 Å². The highest BCUT2D eigenvalue weighted by Gasteiger charge is 2.14. The van der Waals surface area contributed by atoms with Crippen LogP contribution in [0.25, 0.3) is 10.9 Å². The van der Waals surface area contributed by atoms with Crippen LogP contribution in [0.4, 0.5) is 0 Å². The van der Waals surface area contributed by atoms with Crippen molar-refractivity contribution in [2.45, 2.75) is 6.42 Å². The zero-order chi connectivity index (χ0) is 13.2. The number of carbonyl (C=O) groups excluding carboxylic acids is 1. The maximum atomic E-state index is 12.4. The summed E-state index contributed by atoms with van der Waals surface area (Å²) in [6, 6.07) is 7.90. The molecule has 3 aromatic rings. The molecule has 19 heavy (non-hydrogen) atoms. The van der Waals surface area contributed by atoms with Gasteiger partial charge in [-0.3, -0.25) is 14.8 Å². The van der Waals surface area contributed by atoms with E-state index in [1.165, 1.54) is 0 Å². The van der Waals surface area contributed by atoms with Gasteiger partial charge in [0.15, 0.2) is 5.78 Å². The molecule has 0 bridgehead atoms. The molecular weight excluding hydrogens is 238 g/mol. The molecule has 0 N–H and O–H groups in total. The van der Waals surface area contributed by atoms with Crippen LogP contribution in [-0.4, -0.2) is 20.3 Å². The quantitative estimate of drug-likeness (QED) is 0.671. The number of aryl methyl sites for hydroxylation is 1. The Morgan fingerprint density at radius 1 is 1.26 bits per heavy atom. The first-order chi connectivity index (χ1) is 9.25. The van der Waals surface area contributed by atoms with E-state index in [2.05, 4.69) is 9.97 Å². The number of rotatable bonds is 3. The second kappa shape index (κ2) is 4.65. The fraction of sp³-hybridized carbons (Fsp3) is 0.133. The van der Waals surface area contributed by atoms with Gasteiger partial charge in [0, 0.05) is 48.3 Å². The number of ketones is 1. The summed E-state index contributed by atoms with van der Waals surface area (Å²) < 4.78 is 1.97. The van der Waals surface area contributed by atoms with Crippen LogP contribution in [0.2, 0.25) is 0 Å². The number of benzene rings is 1. The van der Waals surface area contributed by atoms with Gasteiger partial charge < -0.3 is 4.57 Å². The van der Waals surface area contributed by atoms with Gasteiger partial charge in [0.2, 0.25) is 0 Å². The Kier molecular flexibility index (Phi) is 2.83. The van der Waals surface area contributed by atoms with Crippen molar-refractivity contribution in [1.82, 2.24) is 14.5 Å². The molecule has 94 valence electrons. The van der Waals surface area contributed by atoms with Crippen LogP contribution in [0, 0.1) is 0 Å². The summed E-state index contributed by atoms with van der Waals surface area (Å²) in [5.74, 6) is 0.0669. The van der Waals surface area contributed by atoms with Crippen molar-refractivity contribution in [1.29, 1.82) is 0 Å². The number of hydrogen-bond donors (Lipinski definition) is 0. The van der Waals surface area contributed by atoms with E-state index in [9.17, 15) is 4.79 Å². The van der Waals surface area contributed by atoms with Crippen molar-refractivity contribution < 1.29 is 4.79 Å². The third kappa shape index (κ3) is 2.12. The van der Waals surface area contributed by atoms with Gasteiger partial charge in [-0.1, -0.05) is 18.2 Å². The van der Waals surface area contributed by atoms with Crippen molar-refractivity contribution in [3.8, 4) is 0 Å². The summed E-state index contributed by atoms with van der Waals surface area (Å²) >= 11 is 0. The van der Waals surface area contributed by atoms with Crippen molar-refractivity contribution >= 4 is 16.7 Å². The standard InChI is InChI=1S/C15H13N3O/c1-18-10-13(12-4-2-3-5-14(12)18)15(19)8-11-9-16-6-7-17-11/h2-7,9-10H,8H2,1H3. The minimum Gasteiger partial charge on any atom is -0.350 e. The van der Waals surface area contributed by atoms with E-state index in [4.69, 9.17) is 0 Å². The van der Waals surface area contributed by atoms with E-state index in [1.54, 1.807) is 18.6 Å². The first-order valence-corrected chi connectivity index (χ1v) is 6.08. The van der Waals surface area contributed by atoms with Crippen molar-refractivity contribution in [3.05, 3.63) is 60.3 Å². The SMILES string of the molecule is Cn1cc(C(=O)Cc2cnccn2)c2ccccc21. The molecular formula is C15H13N3O. The van der Waals surface area contributed by atoms with E-state index in [-0.39, 0.29) is 12.2 Å². The van der Waals surface area contributed by atoms with Crippen LogP contribution in [0.3, 0.4) is 0 Å². The predicted molar refractivity (Wildman–Crippen MR) is 73.0 cm³/mol. The molecule has 0 atom stereocenters. The number of nitrogens with zero attached hydrogens (tertiary/aromatic N) is 3. The van der Waals surface area contributed by atoms with Crippen LogP contribution in [0.1, 0.15) is 16.1 Å². The van der Waals surface area contributed by atoms with Gasteiger partial charge in [-0.15, -0.1) is 0 Å². The Labute approximate surface area is 110 Å². The molecule has 4 nitrogen and oxygen atoms in total. The summed E-state index contributed by atoms with van der Waals surface area (Å²) in [5, 5.41) is 0.985. The maximum absolute atomic E-state index is 12.4. The summed E-state index contributed by atoms with van der Waals surface area (Å²) in [4.78, 5) is 20.5. The lowest BCUT2D eigenvalue weighted by atomic mass is 10.1. The summed E-state index contributed by atoms with van der Waals surface area (Å²) in [5.41, 5.74) is 2.49. The lowest BCUT2D eigenvalue weighted by Gasteiger charge is -1.98. The molecule has 0 aliphatic rings. The number of hydrogen-bond acceptors (Lipinski definition) is 3. The van der Waals surface area contributed by atoms with Crippen LogP contribution < -0.4 is 0 Å². The third-order valence-corrected chi connectivity index (χ3v) is 3.16. The molecule has 1 aromatic carbocycles. The van der Waals surface area contributed by atoms with E-state index in [0.717, 1.165) is 16.5 Å². The van der Waals surface area contributed by atoms with Gasteiger partial charge in [-0.2, -0.15) is 0 Å². The first kappa shape index (κ1) is 11.6. The minimum absolute atomic E-state index is 0.0669. The lowest BCUT2D eigenvalue weighted by molar-refractivity contribution is 0.0993. The molecule has 0 saturated carbocycles. The smallest absolute Gasteiger partial charge is 0.171 e. The van der Waals surface area contributed by atoms with Gasteiger partial charge in [0.25, 0.3) is 0 Å². The van der Waals surface area contributed by atoms with Crippen molar-refractivity contribution in [2.24, 2.45) is 7.05 Å². The van der Waals surface area contributed by atoms with E-state index < -0.39 is 0 Å². The highest BCUT2D eigenvalue weighted by molar-refractivity contribution is 6.08. The topological polar surface area (TPSA) is 47.8 Å². The predicted octanol–water partition coefficient (Wildman–Crippen LogP) is 2.39. The summed E-state index contributed by atoms with van der Waals surface area (Å²) in [7, 11) is 1.95. The van der Waals surface area contributed by atoms with Crippen LogP contribution in [-0.2, 0) is 13.5 Å². The average molecular weight is 251 g/mol. The third-order valence-electron chi connectivity index (χ3n) is 3.16. The van der Waals surface area contributed by atoms with E-state index in [0.29, 0.717) is 5.69 Å². The Balaban J connectivity index is 1.98. The monoisotopic (exact) mass is 251 g/mol. The minimum atomic E-state index is 0.0669. The molecule has 2 heterocycles. The Morgan fingerprint density at radius 3 is 2.89 bits per heavy atom. The highest BCUT2D eigenvalue weighted by atomic mass is 16.1. The van der Waals surface area contributed by atoms with Gasteiger partial charge in [0.05, 0.1) is 12.1 Å². The molecule has 0 fully saturated rings. The van der Waals surface area contributed by atoms with Crippen LogP contribution in [0.15, 0.2) is 49.1 Å². The second-order valence-corrected chi connectivity index (χ2v) is 4.47. The Morgan fingerprint density at radius 2 is 2.11 bits per heavy atom. The molecule has 0 unspecified atom stereocenters. The lowest BCUT2D eigenvalue weighted by Crippen LogP contribution is -2.04. The molecule has 0 aliphatic carbocycles.